The molecule has 2 aliphatic rings. The maximum absolute atomic E-state index is 11.7. The molecule has 7 nitrogen and oxygen atoms in total. The van der Waals surface area contributed by atoms with Crippen molar-refractivity contribution in [2.24, 2.45) is 11.7 Å². The second-order valence-electron chi connectivity index (χ2n) is 7.72. The lowest BCUT2D eigenvalue weighted by Gasteiger charge is -2.25. The van der Waals surface area contributed by atoms with E-state index in [1.807, 2.05) is 23.1 Å². The van der Waals surface area contributed by atoms with E-state index in [9.17, 15) is 9.59 Å². The van der Waals surface area contributed by atoms with Crippen molar-refractivity contribution >= 4 is 11.6 Å². The zero-order chi connectivity index (χ0) is 21.2. The molecule has 4 rings (SSSR count). The first-order valence-corrected chi connectivity index (χ1v) is 10.7. The first-order chi connectivity index (χ1) is 14.7. The van der Waals surface area contributed by atoms with Crippen LogP contribution in [0.2, 0.25) is 0 Å². The average Bonchev–Trinajstić information content (AvgIpc) is 3.63. The number of H-pyrrole nitrogens is 1. The number of piperidine rings is 1. The first-order valence-electron chi connectivity index (χ1n) is 10.7. The number of carbonyl (C=O) groups excluding carboxylic acids is 1. The van der Waals surface area contributed by atoms with Crippen molar-refractivity contribution in [3.8, 4) is 11.1 Å². The van der Waals surface area contributed by atoms with Crippen molar-refractivity contribution in [2.45, 2.75) is 32.1 Å². The number of aromatic nitrogens is 2. The average molecular weight is 410 g/mol. The Labute approximate surface area is 177 Å². The number of nitrogens with two attached hydrogens (primary N) is 1. The maximum atomic E-state index is 11.7. The highest BCUT2D eigenvalue weighted by Crippen LogP contribution is 2.29. The van der Waals surface area contributed by atoms with E-state index in [1.54, 1.807) is 30.7 Å². The van der Waals surface area contributed by atoms with Crippen molar-refractivity contribution in [2.75, 3.05) is 31.5 Å². The van der Waals surface area contributed by atoms with Crippen LogP contribution in [0.15, 0.2) is 53.7 Å². The molecule has 0 unspecified atom stereocenters. The molecule has 2 aromatic rings. The van der Waals surface area contributed by atoms with Crippen LogP contribution in [0.5, 0.6) is 0 Å². The third-order valence-electron chi connectivity index (χ3n) is 5.26. The molecule has 0 atom stereocenters. The molecule has 1 aliphatic heterocycles. The number of carbonyl (C=O) groups is 1. The van der Waals surface area contributed by atoms with E-state index >= 15 is 0 Å². The fraction of sp³-hybridized carbons (Fsp3) is 0.435. The molecule has 0 aromatic carbocycles. The normalized spacial score (nSPS) is 16.1. The molecule has 1 amide bonds. The predicted molar refractivity (Wildman–Crippen MR) is 120 cm³/mol. The molecule has 1 saturated heterocycles. The van der Waals surface area contributed by atoms with Crippen molar-refractivity contribution in [1.29, 1.82) is 0 Å². The molecule has 4 N–H and O–H groups in total. The number of hydrogen-bond donors (Lipinski definition) is 3. The third kappa shape index (κ3) is 6.84. The van der Waals surface area contributed by atoms with Crippen molar-refractivity contribution in [1.82, 2.24) is 14.9 Å². The van der Waals surface area contributed by atoms with Gasteiger partial charge >= 0.3 is 0 Å². The summed E-state index contributed by atoms with van der Waals surface area (Å²) in [5.74, 6) is 0.856. The third-order valence-corrected chi connectivity index (χ3v) is 5.26. The lowest BCUT2D eigenvalue weighted by molar-refractivity contribution is -0.126. The Bertz CT molecular complexity index is 884. The summed E-state index contributed by atoms with van der Waals surface area (Å²) in [5.41, 5.74) is 7.88. The van der Waals surface area contributed by atoms with Crippen LogP contribution >= 0.6 is 0 Å². The second kappa shape index (κ2) is 11.3. The van der Waals surface area contributed by atoms with E-state index in [2.05, 4.69) is 15.3 Å². The number of rotatable bonds is 6. The number of nitrogens with zero attached hydrogens (tertiary/aromatic N) is 2. The summed E-state index contributed by atoms with van der Waals surface area (Å²) in [4.78, 5) is 31.7. The number of hydrogen-bond acceptors (Lipinski definition) is 5. The van der Waals surface area contributed by atoms with Crippen LogP contribution in [0.4, 0.5) is 5.69 Å². The van der Waals surface area contributed by atoms with Crippen LogP contribution in [-0.4, -0.2) is 47.0 Å². The Morgan fingerprint density at radius 2 is 1.93 bits per heavy atom. The number of aromatic amines is 1. The van der Waals surface area contributed by atoms with Gasteiger partial charge in [0.05, 0.1) is 0 Å². The molecule has 160 valence electrons. The lowest BCUT2D eigenvalue weighted by Crippen LogP contribution is -2.34. The Morgan fingerprint density at radius 1 is 1.20 bits per heavy atom. The summed E-state index contributed by atoms with van der Waals surface area (Å²) in [6.45, 7) is 3.16. The summed E-state index contributed by atoms with van der Waals surface area (Å²) in [5, 5.41) is 3.23. The molecule has 7 heteroatoms. The van der Waals surface area contributed by atoms with Gasteiger partial charge in [-0.25, -0.2) is 0 Å². The predicted octanol–water partition coefficient (Wildman–Crippen LogP) is 2.77. The van der Waals surface area contributed by atoms with E-state index in [1.165, 1.54) is 19.3 Å². The largest absolute Gasteiger partial charge is 0.380 e. The molecule has 30 heavy (non-hydrogen) atoms. The van der Waals surface area contributed by atoms with Crippen molar-refractivity contribution in [3.63, 3.8) is 0 Å². The Balaban J connectivity index is 0.000000187. The Kier molecular flexibility index (Phi) is 8.20. The van der Waals surface area contributed by atoms with E-state index < -0.39 is 0 Å². The highest BCUT2D eigenvalue weighted by atomic mass is 16.2. The number of pyridine rings is 2. The molecule has 0 radical (unpaired) electrons. The van der Waals surface area contributed by atoms with Gasteiger partial charge in [-0.2, -0.15) is 0 Å². The molecule has 1 saturated carbocycles. The second-order valence-corrected chi connectivity index (χ2v) is 7.72. The number of likely N-dealkylation sites (tertiary alicyclic amines) is 1. The summed E-state index contributed by atoms with van der Waals surface area (Å²) >= 11 is 0. The molecule has 0 spiro atoms. The Hall–Kier alpha value is -2.93. The summed E-state index contributed by atoms with van der Waals surface area (Å²) in [6.07, 6.45) is 14.6. The van der Waals surface area contributed by atoms with Gasteiger partial charge in [0.1, 0.15) is 5.69 Å². The highest BCUT2D eigenvalue weighted by molar-refractivity contribution is 5.87. The standard InChI is InChI=1S/C14H15N3O.C9H16N2O/c18-14-13(16-8-10-1-2-10)7-12(9-17-14)11-3-5-15-6-4-11;10-6-4-5-9(12)11-7-2-1-3-8-11/h3-7,9-10,16H,1-2,8H2,(H,17,18);4-5H,1-3,6-8,10H2/b;5-4+. The van der Waals surface area contributed by atoms with Gasteiger partial charge in [-0.3, -0.25) is 14.6 Å². The van der Waals surface area contributed by atoms with Crippen LogP contribution in [0.3, 0.4) is 0 Å². The van der Waals surface area contributed by atoms with E-state index in [0.29, 0.717) is 12.2 Å². The van der Waals surface area contributed by atoms with Crippen LogP contribution in [0, 0.1) is 5.92 Å². The van der Waals surface area contributed by atoms with Gasteiger partial charge in [-0.05, 0) is 61.8 Å². The van der Waals surface area contributed by atoms with Gasteiger partial charge in [0.2, 0.25) is 5.91 Å². The number of nitrogens with one attached hydrogen (secondary N) is 2. The molecule has 2 fully saturated rings. The van der Waals surface area contributed by atoms with E-state index in [0.717, 1.165) is 49.5 Å². The summed E-state index contributed by atoms with van der Waals surface area (Å²) in [7, 11) is 0. The number of anilines is 1. The highest BCUT2D eigenvalue weighted by Gasteiger charge is 2.21. The van der Waals surface area contributed by atoms with Crippen molar-refractivity contribution < 1.29 is 4.79 Å². The maximum Gasteiger partial charge on any atom is 0.271 e. The smallest absolute Gasteiger partial charge is 0.271 e. The molecule has 2 aromatic heterocycles. The van der Waals surface area contributed by atoms with Gasteiger partial charge in [0, 0.05) is 56.4 Å². The molecular formula is C23H31N5O2. The van der Waals surface area contributed by atoms with Gasteiger partial charge in [0.25, 0.3) is 5.56 Å². The monoisotopic (exact) mass is 409 g/mol. The zero-order valence-corrected chi connectivity index (χ0v) is 17.3. The number of amides is 1. The molecular weight excluding hydrogens is 378 g/mol. The van der Waals surface area contributed by atoms with Gasteiger partial charge in [0.15, 0.2) is 0 Å². The fourth-order valence-electron chi connectivity index (χ4n) is 3.29. The van der Waals surface area contributed by atoms with E-state index in [-0.39, 0.29) is 11.5 Å². The van der Waals surface area contributed by atoms with Gasteiger partial charge < -0.3 is 20.9 Å². The minimum atomic E-state index is -0.0616. The molecule has 0 bridgehead atoms. The lowest BCUT2D eigenvalue weighted by atomic mass is 10.1. The van der Waals surface area contributed by atoms with Gasteiger partial charge in [-0.15, -0.1) is 0 Å². The topological polar surface area (TPSA) is 104 Å². The SMILES string of the molecule is NC/C=C/C(=O)N1CCCCC1.O=c1[nH]cc(-c2ccncc2)cc1NCC1CC1. The Morgan fingerprint density at radius 3 is 2.60 bits per heavy atom. The minimum absolute atomic E-state index is 0.0616. The van der Waals surface area contributed by atoms with E-state index in [4.69, 9.17) is 5.73 Å². The molecule has 3 heterocycles. The van der Waals surface area contributed by atoms with Crippen LogP contribution < -0.4 is 16.6 Å². The quantitative estimate of drug-likeness (QED) is 0.637. The molecule has 1 aliphatic carbocycles. The summed E-state index contributed by atoms with van der Waals surface area (Å²) < 4.78 is 0. The minimum Gasteiger partial charge on any atom is -0.380 e. The van der Waals surface area contributed by atoms with Crippen LogP contribution in [-0.2, 0) is 4.79 Å². The van der Waals surface area contributed by atoms with Gasteiger partial charge in [-0.1, -0.05) is 6.08 Å². The fourth-order valence-corrected chi connectivity index (χ4v) is 3.29. The summed E-state index contributed by atoms with van der Waals surface area (Å²) in [6, 6.07) is 5.76. The zero-order valence-electron chi connectivity index (χ0n) is 17.3. The first kappa shape index (κ1) is 21.8. The van der Waals surface area contributed by atoms with Crippen LogP contribution in [0.1, 0.15) is 32.1 Å². The van der Waals surface area contributed by atoms with Crippen LogP contribution in [0.25, 0.3) is 11.1 Å². The van der Waals surface area contributed by atoms with Crippen molar-refractivity contribution in [3.05, 3.63) is 59.3 Å².